The Kier molecular flexibility index (Phi) is 5.60. The normalized spacial score (nSPS) is 18.2. The van der Waals surface area contributed by atoms with Gasteiger partial charge in [0.1, 0.15) is 23.8 Å². The molecule has 2 aromatic rings. The molecule has 0 aliphatic carbocycles. The molecule has 0 aromatic heterocycles. The number of anilines is 2. The van der Waals surface area contributed by atoms with Gasteiger partial charge < -0.3 is 20.1 Å². The van der Waals surface area contributed by atoms with Crippen LogP contribution in [0.2, 0.25) is 10.0 Å². The molecule has 2 heterocycles. The van der Waals surface area contributed by atoms with Crippen molar-refractivity contribution in [3.63, 3.8) is 0 Å². The van der Waals surface area contributed by atoms with Crippen LogP contribution in [0.4, 0.5) is 15.8 Å². The Morgan fingerprint density at radius 2 is 1.93 bits per heavy atom. The number of rotatable bonds is 4. The molecule has 154 valence electrons. The molecule has 0 bridgehead atoms. The van der Waals surface area contributed by atoms with E-state index in [9.17, 15) is 14.3 Å². The van der Waals surface area contributed by atoms with Gasteiger partial charge in [0.05, 0.1) is 21.4 Å². The first-order chi connectivity index (χ1) is 13.9. The van der Waals surface area contributed by atoms with E-state index in [1.807, 2.05) is 12.1 Å². The molecule has 1 fully saturated rings. The fourth-order valence-corrected chi connectivity index (χ4v) is 4.23. The van der Waals surface area contributed by atoms with Crippen LogP contribution in [0.15, 0.2) is 30.3 Å². The summed E-state index contributed by atoms with van der Waals surface area (Å²) in [6.45, 7) is 1.31. The van der Waals surface area contributed by atoms with E-state index in [1.54, 1.807) is 12.1 Å². The van der Waals surface area contributed by atoms with Crippen molar-refractivity contribution in [1.82, 2.24) is 0 Å². The highest BCUT2D eigenvalue weighted by Crippen LogP contribution is 2.37. The third-order valence-corrected chi connectivity index (χ3v) is 6.36. The summed E-state index contributed by atoms with van der Waals surface area (Å²) in [4.78, 5) is 13.7. The largest absolute Gasteiger partial charge is 0.490 e. The summed E-state index contributed by atoms with van der Waals surface area (Å²) in [7, 11) is 0. The van der Waals surface area contributed by atoms with Crippen molar-refractivity contribution in [2.24, 2.45) is 0 Å². The first-order valence-electron chi connectivity index (χ1n) is 9.52. The maximum atomic E-state index is 14.0. The number of nitrogens with one attached hydrogen (secondary N) is 1. The standard InChI is InChI=1S/C21H21Cl2FN2O3/c22-14-2-1-3-16(19(14)23)26-10-8-21(28,9-11-26)12-29-17-6-5-15(24)20-13(17)4-7-18(27)25-20/h1-3,5-6,28H,4,7-12H2,(H,25,27). The predicted molar refractivity (Wildman–Crippen MR) is 112 cm³/mol. The average molecular weight is 439 g/mol. The first kappa shape index (κ1) is 20.3. The average Bonchev–Trinajstić information content (AvgIpc) is 2.71. The lowest BCUT2D eigenvalue weighted by Crippen LogP contribution is -2.48. The number of benzene rings is 2. The van der Waals surface area contributed by atoms with E-state index in [0.29, 0.717) is 53.7 Å². The monoisotopic (exact) mass is 438 g/mol. The highest BCUT2D eigenvalue weighted by Gasteiger charge is 2.34. The van der Waals surface area contributed by atoms with Crippen molar-refractivity contribution in [2.75, 3.05) is 29.9 Å². The second-order valence-corrected chi connectivity index (χ2v) is 8.31. The lowest BCUT2D eigenvalue weighted by Gasteiger charge is -2.39. The lowest BCUT2D eigenvalue weighted by atomic mass is 9.92. The summed E-state index contributed by atoms with van der Waals surface area (Å²) in [6.07, 6.45) is 1.69. The van der Waals surface area contributed by atoms with Crippen molar-refractivity contribution in [1.29, 1.82) is 0 Å². The molecule has 2 aliphatic heterocycles. The number of carbonyl (C=O) groups is 1. The highest BCUT2D eigenvalue weighted by molar-refractivity contribution is 6.43. The molecule has 0 saturated carbocycles. The predicted octanol–water partition coefficient (Wildman–Crippen LogP) is 4.43. The maximum Gasteiger partial charge on any atom is 0.224 e. The van der Waals surface area contributed by atoms with E-state index in [0.717, 1.165) is 5.69 Å². The minimum Gasteiger partial charge on any atom is -0.490 e. The zero-order valence-corrected chi connectivity index (χ0v) is 17.2. The van der Waals surface area contributed by atoms with E-state index < -0.39 is 11.4 Å². The van der Waals surface area contributed by atoms with Gasteiger partial charge in [-0.1, -0.05) is 29.3 Å². The van der Waals surface area contributed by atoms with Gasteiger partial charge in [-0.05, 0) is 43.5 Å². The van der Waals surface area contributed by atoms with Crippen LogP contribution < -0.4 is 15.0 Å². The van der Waals surface area contributed by atoms with Crippen LogP contribution in [-0.2, 0) is 11.2 Å². The fraction of sp³-hybridized carbons (Fsp3) is 0.381. The minimum atomic E-state index is -0.999. The molecular weight excluding hydrogens is 418 g/mol. The van der Waals surface area contributed by atoms with Crippen molar-refractivity contribution >= 4 is 40.5 Å². The number of hydrogen-bond acceptors (Lipinski definition) is 4. The smallest absolute Gasteiger partial charge is 0.224 e. The van der Waals surface area contributed by atoms with Crippen molar-refractivity contribution < 1.29 is 19.0 Å². The molecule has 0 atom stereocenters. The van der Waals surface area contributed by atoms with E-state index in [4.69, 9.17) is 27.9 Å². The fourth-order valence-electron chi connectivity index (χ4n) is 3.82. The highest BCUT2D eigenvalue weighted by atomic mass is 35.5. The SMILES string of the molecule is O=C1CCc2c(OCC3(O)CCN(c4cccc(Cl)c4Cl)CC3)ccc(F)c2N1. The van der Waals surface area contributed by atoms with Gasteiger partial charge in [-0.15, -0.1) is 0 Å². The van der Waals surface area contributed by atoms with Gasteiger partial charge in [-0.25, -0.2) is 4.39 Å². The van der Waals surface area contributed by atoms with Crippen molar-refractivity contribution in [3.05, 3.63) is 51.8 Å². The van der Waals surface area contributed by atoms with Gasteiger partial charge >= 0.3 is 0 Å². The Labute approximate surface area is 178 Å². The lowest BCUT2D eigenvalue weighted by molar-refractivity contribution is -0.116. The quantitative estimate of drug-likeness (QED) is 0.740. The second kappa shape index (κ2) is 8.01. The third-order valence-electron chi connectivity index (χ3n) is 5.55. The first-order valence-corrected chi connectivity index (χ1v) is 10.3. The maximum absolute atomic E-state index is 14.0. The summed E-state index contributed by atoms with van der Waals surface area (Å²) in [5, 5.41) is 14.5. The van der Waals surface area contributed by atoms with Gasteiger partial charge in [0.2, 0.25) is 5.91 Å². The molecule has 29 heavy (non-hydrogen) atoms. The molecule has 8 heteroatoms. The third kappa shape index (κ3) is 4.15. The minimum absolute atomic E-state index is 0.0934. The molecule has 2 N–H and O–H groups in total. The van der Waals surface area contributed by atoms with E-state index in [-0.39, 0.29) is 24.6 Å². The number of aliphatic hydroxyl groups is 1. The van der Waals surface area contributed by atoms with Crippen molar-refractivity contribution in [3.8, 4) is 5.75 Å². The summed E-state index contributed by atoms with van der Waals surface area (Å²) in [5.74, 6) is -0.194. The molecular formula is C21H21Cl2FN2O3. The number of amides is 1. The van der Waals surface area contributed by atoms with Crippen LogP contribution in [0, 0.1) is 5.82 Å². The number of ether oxygens (including phenoxy) is 1. The zero-order valence-electron chi connectivity index (χ0n) is 15.7. The molecule has 4 rings (SSSR count). The number of halogens is 3. The van der Waals surface area contributed by atoms with Gasteiger partial charge in [0.15, 0.2) is 0 Å². The molecule has 0 radical (unpaired) electrons. The van der Waals surface area contributed by atoms with Crippen LogP contribution in [0.1, 0.15) is 24.8 Å². The summed E-state index contributed by atoms with van der Waals surface area (Å²) in [5.41, 5.74) is 0.666. The van der Waals surface area contributed by atoms with Crippen LogP contribution in [0.5, 0.6) is 5.75 Å². The van der Waals surface area contributed by atoms with Crippen LogP contribution in [0.3, 0.4) is 0 Å². The molecule has 1 saturated heterocycles. The van der Waals surface area contributed by atoms with Gasteiger partial charge in [-0.2, -0.15) is 0 Å². The molecule has 5 nitrogen and oxygen atoms in total. The summed E-state index contributed by atoms with van der Waals surface area (Å²) in [6, 6.07) is 8.33. The van der Waals surface area contributed by atoms with Crippen molar-refractivity contribution in [2.45, 2.75) is 31.3 Å². The Morgan fingerprint density at radius 1 is 1.17 bits per heavy atom. The number of piperidine rings is 1. The number of carbonyl (C=O) groups excluding carboxylic acids is 1. The van der Waals surface area contributed by atoms with Gasteiger partial charge in [-0.3, -0.25) is 4.79 Å². The molecule has 2 aliphatic rings. The van der Waals surface area contributed by atoms with Gasteiger partial charge in [0.25, 0.3) is 0 Å². The Morgan fingerprint density at radius 3 is 2.69 bits per heavy atom. The molecule has 1 amide bonds. The topological polar surface area (TPSA) is 61.8 Å². The summed E-state index contributed by atoms with van der Waals surface area (Å²) >= 11 is 12.4. The Bertz CT molecular complexity index is 946. The number of fused-ring (bicyclic) bond motifs is 1. The summed E-state index contributed by atoms with van der Waals surface area (Å²) < 4.78 is 19.9. The Balaban J connectivity index is 1.42. The van der Waals surface area contributed by atoms with Crippen LogP contribution >= 0.6 is 23.2 Å². The van der Waals surface area contributed by atoms with Crippen LogP contribution in [-0.4, -0.2) is 36.3 Å². The van der Waals surface area contributed by atoms with Crippen LogP contribution in [0.25, 0.3) is 0 Å². The Hall–Kier alpha value is -2.02. The van der Waals surface area contributed by atoms with E-state index in [1.165, 1.54) is 6.07 Å². The molecule has 2 aromatic carbocycles. The number of nitrogens with zero attached hydrogens (tertiary/aromatic N) is 1. The zero-order chi connectivity index (χ0) is 20.6. The number of hydrogen-bond donors (Lipinski definition) is 2. The molecule has 0 spiro atoms. The van der Waals surface area contributed by atoms with Gasteiger partial charge in [0, 0.05) is 25.1 Å². The second-order valence-electron chi connectivity index (χ2n) is 7.52. The molecule has 0 unspecified atom stereocenters. The van der Waals surface area contributed by atoms with E-state index in [2.05, 4.69) is 10.2 Å². The van der Waals surface area contributed by atoms with E-state index >= 15 is 0 Å².